The van der Waals surface area contributed by atoms with Crippen LogP contribution in [0.25, 0.3) is 0 Å². The van der Waals surface area contributed by atoms with Crippen LogP contribution < -0.4 is 10.1 Å². The van der Waals surface area contributed by atoms with Crippen LogP contribution in [0, 0.1) is 30.1 Å². The van der Waals surface area contributed by atoms with Gasteiger partial charge in [-0.3, -0.25) is 9.59 Å². The second-order valence-corrected chi connectivity index (χ2v) is 7.82. The van der Waals surface area contributed by atoms with Crippen LogP contribution in [-0.2, 0) is 4.79 Å². The van der Waals surface area contributed by atoms with Crippen LogP contribution in [0.3, 0.4) is 0 Å². The molecule has 1 aromatic rings. The smallest absolute Gasteiger partial charge is 0.255 e. The van der Waals surface area contributed by atoms with Crippen molar-refractivity contribution in [2.75, 3.05) is 13.7 Å². The summed E-state index contributed by atoms with van der Waals surface area (Å²) >= 11 is 1.96. The number of nitrogens with one attached hydrogen (secondary N) is 1. The molecule has 3 atom stereocenters. The van der Waals surface area contributed by atoms with Gasteiger partial charge in [0.15, 0.2) is 3.55 Å². The van der Waals surface area contributed by atoms with Gasteiger partial charge in [-0.25, -0.2) is 0 Å². The van der Waals surface area contributed by atoms with E-state index in [4.69, 9.17) is 4.74 Å². The second-order valence-electron chi connectivity index (χ2n) is 6.17. The minimum absolute atomic E-state index is 0.0823. The molecule has 0 spiro atoms. The van der Waals surface area contributed by atoms with E-state index in [1.54, 1.807) is 37.1 Å². The van der Waals surface area contributed by atoms with Crippen LogP contribution in [0.5, 0.6) is 5.75 Å². The molecule has 0 aliphatic carbocycles. The van der Waals surface area contributed by atoms with Gasteiger partial charge in [-0.1, -0.05) is 32.4 Å². The Morgan fingerprint density at radius 2 is 2.15 bits per heavy atom. The quantitative estimate of drug-likeness (QED) is 0.397. The van der Waals surface area contributed by atoms with E-state index >= 15 is 0 Å². The molecule has 2 radical (unpaired) electrons. The van der Waals surface area contributed by atoms with Gasteiger partial charge >= 0.3 is 0 Å². The lowest BCUT2D eigenvalue weighted by Crippen LogP contribution is -2.55. The van der Waals surface area contributed by atoms with Crippen LogP contribution in [0.1, 0.15) is 30.6 Å². The Labute approximate surface area is 168 Å². The summed E-state index contributed by atoms with van der Waals surface area (Å²) in [5, 5.41) is 12.3. The Hall–Kier alpha value is -1.82. The first kappa shape index (κ1) is 20.5. The van der Waals surface area contributed by atoms with E-state index in [1.807, 2.05) is 36.4 Å². The summed E-state index contributed by atoms with van der Waals surface area (Å²) in [4.78, 5) is 27.4. The normalized spacial score (nSPS) is 21.6. The number of methoxy groups -OCH3 is 1. The van der Waals surface area contributed by atoms with Crippen molar-refractivity contribution in [1.29, 1.82) is 5.26 Å². The van der Waals surface area contributed by atoms with E-state index in [-0.39, 0.29) is 17.7 Å². The van der Waals surface area contributed by atoms with Crippen molar-refractivity contribution in [3.05, 3.63) is 42.7 Å². The van der Waals surface area contributed by atoms with E-state index in [9.17, 15) is 14.9 Å². The van der Waals surface area contributed by atoms with Gasteiger partial charge in [-0.15, -0.1) is 0 Å². The van der Waals surface area contributed by atoms with Crippen LogP contribution >= 0.6 is 22.6 Å². The third-order valence-electron chi connectivity index (χ3n) is 4.56. The third-order valence-corrected chi connectivity index (χ3v) is 5.74. The zero-order valence-electron chi connectivity index (χ0n) is 15.0. The second kappa shape index (κ2) is 8.71. The Balaban J connectivity index is 2.27. The number of likely N-dealkylation sites (tertiary alicyclic amines) is 1. The number of nitrogens with zero attached hydrogens (tertiary/aromatic N) is 2. The average Bonchev–Trinajstić information content (AvgIpc) is 3.06. The van der Waals surface area contributed by atoms with Crippen molar-refractivity contribution in [2.24, 2.45) is 5.92 Å². The van der Waals surface area contributed by atoms with Gasteiger partial charge in [0, 0.05) is 13.0 Å². The number of nitriles is 1. The van der Waals surface area contributed by atoms with Crippen molar-refractivity contribution in [2.45, 2.75) is 29.9 Å². The summed E-state index contributed by atoms with van der Waals surface area (Å²) in [5.41, 5.74) is 0.372. The standard InChI is InChI=1S/C19H22IN3O3/c1-4-13(2)16(18(25)23-11-7-10-19(23,20)12-21)22-17(24)14-8-5-6-9-15(14)26-3/h5-10,13,16H,4,11H2,1-3H3,(H,22,24)/t13?,16-,19+/m0/s1. The van der Waals surface area contributed by atoms with E-state index in [0.717, 1.165) is 0 Å². The van der Waals surface area contributed by atoms with E-state index in [1.165, 1.54) is 12.0 Å². The minimum atomic E-state index is -1.02. The molecule has 26 heavy (non-hydrogen) atoms. The van der Waals surface area contributed by atoms with Gasteiger partial charge < -0.3 is 15.0 Å². The highest BCUT2D eigenvalue weighted by Gasteiger charge is 2.45. The molecular weight excluding hydrogens is 445 g/mol. The summed E-state index contributed by atoms with van der Waals surface area (Å²) in [7, 11) is 1.50. The molecule has 0 aromatic heterocycles. The summed E-state index contributed by atoms with van der Waals surface area (Å²) in [6.07, 6.45) is 4.22. The molecule has 2 rings (SSSR count). The molecule has 1 aliphatic rings. The first-order valence-corrected chi connectivity index (χ1v) is 9.49. The fourth-order valence-electron chi connectivity index (χ4n) is 2.79. The van der Waals surface area contributed by atoms with E-state index < -0.39 is 9.59 Å². The zero-order valence-corrected chi connectivity index (χ0v) is 17.2. The van der Waals surface area contributed by atoms with Crippen LogP contribution in [0.2, 0.25) is 0 Å². The predicted octanol–water partition coefficient (Wildman–Crippen LogP) is 2.75. The number of amides is 2. The lowest BCUT2D eigenvalue weighted by Gasteiger charge is -2.33. The summed E-state index contributed by atoms with van der Waals surface area (Å²) in [6.45, 7) is 4.23. The summed E-state index contributed by atoms with van der Waals surface area (Å²) < 4.78 is 4.22. The number of para-hydroxylation sites is 1. The molecule has 138 valence electrons. The number of benzene rings is 1. The van der Waals surface area contributed by atoms with Crippen molar-refractivity contribution >= 4 is 34.4 Å². The highest BCUT2D eigenvalue weighted by Crippen LogP contribution is 2.35. The molecule has 2 amide bonds. The number of alkyl halides is 1. The average molecular weight is 467 g/mol. The Morgan fingerprint density at radius 1 is 1.46 bits per heavy atom. The zero-order chi connectivity index (χ0) is 19.3. The molecule has 0 bridgehead atoms. The number of hydrogen-bond acceptors (Lipinski definition) is 4. The SMILES string of the molecule is CCC(C)[C@H](NC(=O)c1ccccc1OC)C(=O)N1C[CH][CH][C@]1(I)C#N. The molecule has 1 heterocycles. The number of carbonyl (C=O) groups excluding carboxylic acids is 2. The highest BCUT2D eigenvalue weighted by atomic mass is 127. The third kappa shape index (κ3) is 4.11. The molecule has 1 unspecified atom stereocenters. The van der Waals surface area contributed by atoms with Crippen LogP contribution in [0.15, 0.2) is 24.3 Å². The highest BCUT2D eigenvalue weighted by molar-refractivity contribution is 14.1. The van der Waals surface area contributed by atoms with Crippen LogP contribution in [-0.4, -0.2) is 40.0 Å². The van der Waals surface area contributed by atoms with Gasteiger partial charge in [0.05, 0.1) is 12.7 Å². The molecule has 1 fully saturated rings. The Morgan fingerprint density at radius 3 is 2.77 bits per heavy atom. The Kier molecular flexibility index (Phi) is 6.87. The van der Waals surface area contributed by atoms with Gasteiger partial charge in [0.25, 0.3) is 5.91 Å². The lowest BCUT2D eigenvalue weighted by atomic mass is 9.97. The predicted molar refractivity (Wildman–Crippen MR) is 106 cm³/mol. The molecule has 7 heteroatoms. The monoisotopic (exact) mass is 467 g/mol. The molecule has 1 saturated heterocycles. The van der Waals surface area contributed by atoms with Gasteiger partial charge in [-0.2, -0.15) is 5.26 Å². The summed E-state index contributed by atoms with van der Waals surface area (Å²) in [5.74, 6) is -0.266. The van der Waals surface area contributed by atoms with Crippen molar-refractivity contribution in [1.82, 2.24) is 10.2 Å². The first-order valence-electron chi connectivity index (χ1n) is 8.41. The fraction of sp³-hybridized carbons (Fsp3) is 0.421. The molecule has 0 saturated carbocycles. The van der Waals surface area contributed by atoms with Gasteiger partial charge in [-0.05, 0) is 47.1 Å². The number of rotatable bonds is 6. The lowest BCUT2D eigenvalue weighted by molar-refractivity contribution is -0.134. The first-order chi connectivity index (χ1) is 12.4. The number of carbonyl (C=O) groups is 2. The maximum atomic E-state index is 13.1. The van der Waals surface area contributed by atoms with E-state index in [2.05, 4.69) is 11.4 Å². The molecule has 1 aliphatic heterocycles. The summed E-state index contributed by atoms with van der Waals surface area (Å²) in [6, 6.07) is 8.31. The molecule has 1 N–H and O–H groups in total. The maximum Gasteiger partial charge on any atom is 0.255 e. The van der Waals surface area contributed by atoms with Gasteiger partial charge in [0.1, 0.15) is 17.9 Å². The molecular formula is C19H22IN3O3. The van der Waals surface area contributed by atoms with Gasteiger partial charge in [0.2, 0.25) is 5.91 Å². The number of halogens is 1. The number of ether oxygens (including phenoxy) is 1. The topological polar surface area (TPSA) is 82.4 Å². The molecule has 1 aromatic carbocycles. The van der Waals surface area contributed by atoms with Crippen molar-refractivity contribution in [3.63, 3.8) is 0 Å². The van der Waals surface area contributed by atoms with E-state index in [0.29, 0.717) is 24.3 Å². The van der Waals surface area contributed by atoms with Crippen molar-refractivity contribution < 1.29 is 14.3 Å². The number of hydrogen-bond donors (Lipinski definition) is 1. The molecule has 6 nitrogen and oxygen atoms in total. The largest absolute Gasteiger partial charge is 0.496 e. The minimum Gasteiger partial charge on any atom is -0.496 e. The van der Waals surface area contributed by atoms with Crippen LogP contribution in [0.4, 0.5) is 0 Å². The Bertz CT molecular complexity index is 718. The maximum absolute atomic E-state index is 13.1. The fourth-order valence-corrected chi connectivity index (χ4v) is 3.48. The van der Waals surface area contributed by atoms with Crippen molar-refractivity contribution in [3.8, 4) is 11.8 Å².